The Balaban J connectivity index is 1.82. The number of hydrogen-bond donors (Lipinski definition) is 4. The van der Waals surface area contributed by atoms with Gasteiger partial charge in [0.05, 0.1) is 26.4 Å². The number of benzene rings is 1. The first-order valence-corrected chi connectivity index (χ1v) is 12.4. The highest BCUT2D eigenvalue weighted by Gasteiger charge is 2.19. The summed E-state index contributed by atoms with van der Waals surface area (Å²) in [7, 11) is 1.69. The second-order valence-electron chi connectivity index (χ2n) is 7.81. The van der Waals surface area contributed by atoms with Gasteiger partial charge in [-0.25, -0.2) is 0 Å². The second kappa shape index (κ2) is 12.7. The first kappa shape index (κ1) is 27.4. The molecule has 2 heterocycles. The topological polar surface area (TPSA) is 135 Å². The van der Waals surface area contributed by atoms with Gasteiger partial charge >= 0.3 is 0 Å². The van der Waals surface area contributed by atoms with Crippen molar-refractivity contribution in [2.45, 2.75) is 13.5 Å². The molecule has 3 rings (SSSR count). The van der Waals surface area contributed by atoms with Crippen molar-refractivity contribution in [1.82, 2.24) is 25.4 Å². The zero-order valence-corrected chi connectivity index (χ0v) is 22.0. The van der Waals surface area contributed by atoms with Crippen LogP contribution >= 0.6 is 23.6 Å². The maximum absolute atomic E-state index is 12.9. The molecule has 0 aliphatic carbocycles. The molecule has 192 valence electrons. The average Bonchev–Trinajstić information content (AvgIpc) is 3.22. The van der Waals surface area contributed by atoms with E-state index < -0.39 is 5.91 Å². The summed E-state index contributed by atoms with van der Waals surface area (Å²) in [5, 5.41) is 21.6. The summed E-state index contributed by atoms with van der Waals surface area (Å²) < 4.78 is 1.93. The Bertz CT molecular complexity index is 1450. The van der Waals surface area contributed by atoms with Gasteiger partial charge in [0.25, 0.3) is 11.5 Å². The van der Waals surface area contributed by atoms with Crippen LogP contribution in [0.25, 0.3) is 11.8 Å². The Morgan fingerprint density at radius 1 is 1.35 bits per heavy atom. The highest BCUT2D eigenvalue weighted by Crippen LogP contribution is 2.19. The van der Waals surface area contributed by atoms with Gasteiger partial charge in [-0.15, -0.1) is 17.8 Å². The molecule has 0 unspecified atom stereocenters. The fourth-order valence-corrected chi connectivity index (χ4v) is 4.62. The molecular formula is C24H26N8O3S2. The molecule has 0 spiro atoms. The zero-order valence-electron chi connectivity index (χ0n) is 20.3. The van der Waals surface area contributed by atoms with Crippen LogP contribution in [0.4, 0.5) is 11.4 Å². The molecule has 1 saturated heterocycles. The summed E-state index contributed by atoms with van der Waals surface area (Å²) >= 11 is 6.06. The van der Waals surface area contributed by atoms with Crippen molar-refractivity contribution in [3.63, 3.8) is 0 Å². The minimum absolute atomic E-state index is 0.0283. The lowest BCUT2D eigenvalue weighted by Crippen LogP contribution is -2.56. The number of hydrogen-bond acceptors (Lipinski definition) is 8. The molecule has 2 amide bonds. The van der Waals surface area contributed by atoms with Crippen LogP contribution in [0.5, 0.6) is 0 Å². The van der Waals surface area contributed by atoms with Crippen LogP contribution < -0.4 is 40.9 Å². The molecule has 0 radical (unpaired) electrons. The number of thiazole rings is 1. The minimum atomic E-state index is -0.636. The van der Waals surface area contributed by atoms with Crippen LogP contribution in [0.1, 0.15) is 6.92 Å². The number of thiocarbonyl (C=S) groups is 1. The van der Waals surface area contributed by atoms with Crippen molar-refractivity contribution in [2.75, 3.05) is 43.7 Å². The van der Waals surface area contributed by atoms with E-state index in [0.717, 1.165) is 11.3 Å². The molecule has 1 aliphatic heterocycles. The lowest BCUT2D eigenvalue weighted by Gasteiger charge is -2.30. The number of nitrogens with one attached hydrogen (secondary N) is 4. The molecule has 37 heavy (non-hydrogen) atoms. The molecule has 2 aromatic rings. The number of carbonyl (C=O) groups is 2. The largest absolute Gasteiger partial charge is 0.360 e. The van der Waals surface area contributed by atoms with Crippen LogP contribution in [0.3, 0.4) is 0 Å². The number of nitrogens with zero attached hydrogens (tertiary/aromatic N) is 4. The summed E-state index contributed by atoms with van der Waals surface area (Å²) in [6.07, 6.45) is 6.69. The number of aromatic nitrogens is 1. The predicted molar refractivity (Wildman–Crippen MR) is 148 cm³/mol. The Hall–Kier alpha value is -4.17. The summed E-state index contributed by atoms with van der Waals surface area (Å²) in [6, 6.07) is 9.05. The van der Waals surface area contributed by atoms with E-state index in [1.807, 2.05) is 11.0 Å². The maximum Gasteiger partial charge on any atom is 0.270 e. The first-order valence-electron chi connectivity index (χ1n) is 11.2. The first-order chi connectivity index (χ1) is 17.8. The van der Waals surface area contributed by atoms with Gasteiger partial charge in [0.15, 0.2) is 10.7 Å². The Kier molecular flexibility index (Phi) is 9.40. The number of carbonyl (C=O) groups excluding carboxylic acids is 2. The van der Waals surface area contributed by atoms with E-state index in [9.17, 15) is 19.6 Å². The van der Waals surface area contributed by atoms with E-state index in [-0.39, 0.29) is 41.3 Å². The van der Waals surface area contributed by atoms with E-state index in [1.54, 1.807) is 43.1 Å². The highest BCUT2D eigenvalue weighted by atomic mass is 32.1. The molecule has 11 nitrogen and oxygen atoms in total. The van der Waals surface area contributed by atoms with Gasteiger partial charge in [-0.3, -0.25) is 23.9 Å². The quantitative estimate of drug-likeness (QED) is 0.243. The zero-order chi connectivity index (χ0) is 26.9. The Labute approximate surface area is 223 Å². The normalized spacial score (nSPS) is 14.5. The number of terminal acetylenes is 1. The third-order valence-corrected chi connectivity index (χ3v) is 6.81. The fraction of sp³-hybridized carbons (Fsp3) is 0.292. The van der Waals surface area contributed by atoms with Crippen molar-refractivity contribution in [3.05, 3.63) is 43.8 Å². The smallest absolute Gasteiger partial charge is 0.270 e. The van der Waals surface area contributed by atoms with Crippen molar-refractivity contribution >= 4 is 63.6 Å². The fourth-order valence-electron chi connectivity index (χ4n) is 3.40. The van der Waals surface area contributed by atoms with Crippen LogP contribution in [0.2, 0.25) is 0 Å². The number of anilines is 2. The predicted octanol–water partition coefficient (Wildman–Crippen LogP) is -1.14. The van der Waals surface area contributed by atoms with E-state index in [4.69, 9.17) is 18.6 Å². The standard InChI is InChI=1S/C24H26N8O3S2/c1-4-9-26-21(34)18(11-25)23-32(5-2)22(35)19(37-23)12-27-16-7-6-8-17(10-16)30(3)20(33)13-31-14-28-24(36)29-15-31/h1,6-8,10,12,27H,5,9,13-15H2,2-3H3,(H,26,34)(H2,28,29,36)/b19-12+,23-18-. The van der Waals surface area contributed by atoms with Crippen molar-refractivity contribution in [1.29, 1.82) is 5.26 Å². The lowest BCUT2D eigenvalue weighted by molar-refractivity contribution is -0.119. The summed E-state index contributed by atoms with van der Waals surface area (Å²) in [5.41, 5.74) is 0.804. The molecule has 4 N–H and O–H groups in total. The maximum atomic E-state index is 12.9. The Morgan fingerprint density at radius 3 is 2.73 bits per heavy atom. The summed E-state index contributed by atoms with van der Waals surface area (Å²) in [5.74, 6) is 1.54. The van der Waals surface area contributed by atoms with Gasteiger partial charge in [0, 0.05) is 31.2 Å². The van der Waals surface area contributed by atoms with Crippen LogP contribution in [0.15, 0.2) is 29.1 Å². The molecule has 1 aromatic heterocycles. The molecule has 1 fully saturated rings. The summed E-state index contributed by atoms with van der Waals surface area (Å²) in [6.45, 7) is 3.17. The second-order valence-corrected chi connectivity index (χ2v) is 9.25. The van der Waals surface area contributed by atoms with E-state index in [2.05, 4.69) is 27.2 Å². The number of likely N-dealkylation sites (N-methyl/N-ethyl adjacent to an activating group) is 1. The molecular weight excluding hydrogens is 512 g/mol. The van der Waals surface area contributed by atoms with Crippen LogP contribution in [-0.4, -0.2) is 59.9 Å². The molecule has 0 bridgehead atoms. The Morgan fingerprint density at radius 2 is 2.08 bits per heavy atom. The van der Waals surface area contributed by atoms with Crippen molar-refractivity contribution in [2.24, 2.45) is 0 Å². The van der Waals surface area contributed by atoms with Crippen LogP contribution in [-0.2, 0) is 16.1 Å². The lowest BCUT2D eigenvalue weighted by atomic mass is 10.2. The van der Waals surface area contributed by atoms with Gasteiger partial charge in [-0.1, -0.05) is 12.0 Å². The monoisotopic (exact) mass is 538 g/mol. The molecule has 1 aliphatic rings. The third-order valence-electron chi connectivity index (χ3n) is 5.39. The molecule has 0 atom stereocenters. The number of amides is 2. The molecule has 13 heteroatoms. The van der Waals surface area contributed by atoms with E-state index in [0.29, 0.717) is 34.4 Å². The van der Waals surface area contributed by atoms with Gasteiger partial charge in [-0.05, 0) is 37.3 Å². The van der Waals surface area contributed by atoms with Gasteiger partial charge < -0.3 is 26.2 Å². The third kappa shape index (κ3) is 6.74. The SMILES string of the molecule is C#CCNC(=O)/C(C#N)=c1\s/c(=C/Nc2cccc(N(C)C(=O)CN3CNC(=S)NC3)c2)c(=O)n1CC. The van der Waals surface area contributed by atoms with Gasteiger partial charge in [0.2, 0.25) is 5.91 Å². The number of rotatable bonds is 8. The highest BCUT2D eigenvalue weighted by molar-refractivity contribution is 7.80. The van der Waals surface area contributed by atoms with Gasteiger partial charge in [0.1, 0.15) is 15.3 Å². The van der Waals surface area contributed by atoms with E-state index in [1.165, 1.54) is 10.8 Å². The van der Waals surface area contributed by atoms with Crippen molar-refractivity contribution < 1.29 is 9.59 Å². The van der Waals surface area contributed by atoms with E-state index >= 15 is 0 Å². The van der Waals surface area contributed by atoms with Crippen LogP contribution in [0, 0.1) is 23.7 Å². The minimum Gasteiger partial charge on any atom is -0.360 e. The molecule has 1 aromatic carbocycles. The number of nitriles is 1. The van der Waals surface area contributed by atoms with Gasteiger partial charge in [-0.2, -0.15) is 5.26 Å². The van der Waals surface area contributed by atoms with Crippen molar-refractivity contribution in [3.8, 4) is 18.4 Å². The average molecular weight is 539 g/mol. The molecule has 0 saturated carbocycles. The summed E-state index contributed by atoms with van der Waals surface area (Å²) in [4.78, 5) is 41.5.